The maximum Gasteiger partial charge on any atom is 0.407 e. The molecule has 0 aliphatic carbocycles. The van der Waals surface area contributed by atoms with Gasteiger partial charge >= 0.3 is 24.1 Å². The number of amides is 12. The summed E-state index contributed by atoms with van der Waals surface area (Å²) >= 11 is 0. The van der Waals surface area contributed by atoms with Crippen LogP contribution in [0.2, 0.25) is 0 Å². The molecule has 38 nitrogen and oxygen atoms in total. The molecule has 1 aliphatic rings. The second-order valence-corrected chi connectivity index (χ2v) is 31.3. The second-order valence-electron chi connectivity index (χ2n) is 31.3. The number of esters is 2. The van der Waals surface area contributed by atoms with Crippen LogP contribution in [0, 0.1) is 22.7 Å². The number of phenols is 2. The van der Waals surface area contributed by atoms with Crippen LogP contribution < -0.4 is 85.9 Å². The lowest BCUT2D eigenvalue weighted by Crippen LogP contribution is -2.62. The molecule has 0 aromatic heterocycles. The van der Waals surface area contributed by atoms with Gasteiger partial charge in [-0.3, -0.25) is 68.4 Å². The van der Waals surface area contributed by atoms with Gasteiger partial charge in [-0.1, -0.05) is 173 Å². The molecule has 0 saturated carbocycles. The van der Waals surface area contributed by atoms with Gasteiger partial charge in [-0.05, 0) is 134 Å². The molecule has 1 aliphatic heterocycles. The van der Waals surface area contributed by atoms with Crippen LogP contribution in [0.1, 0.15) is 138 Å². The third-order valence-corrected chi connectivity index (χ3v) is 20.3. The molecule has 12 amide bonds. The molecule has 1 heterocycles. The first kappa shape index (κ1) is 101. The topological polar surface area (TPSA) is 585 Å². The van der Waals surface area contributed by atoms with Crippen LogP contribution in [0.25, 0.3) is 0 Å². The highest BCUT2D eigenvalue weighted by atomic mass is 16.6. The quantitative estimate of drug-likeness (QED) is 0.00883. The number of benzene rings is 6. The van der Waals surface area contributed by atoms with Crippen molar-refractivity contribution < 1.29 is 96.3 Å². The van der Waals surface area contributed by atoms with Crippen LogP contribution in [0.3, 0.4) is 0 Å². The van der Waals surface area contributed by atoms with Crippen LogP contribution in [0.4, 0.5) is 9.59 Å². The Morgan fingerprint density at radius 3 is 0.852 bits per heavy atom. The standard InChI is InChI=1S/C90H118N18O20/c1-55(2)75-85(121)105-69(47-57-35-39-63(109)40-36-57)81(117)101-67(33-21-45-95-87(91)92)77(113)100-66(32-18-20-44-98-90(124)128-54-62-29-15-8-16-30-62)80(116)104-72(50-74(112)126-52-60-25-11-6-12-26-60)84(120)108-76(56(3)4)86(122)106-70(48-58-37-41-64(110)42-38-58)82(118)102-68(34-22-46-96-88(93)94)78(114)99-65(31-17-19-43-97-89(123)127-53-61-27-13-7-14-28-61)79(115)103-71(83(119)107-75)49-73(111)125-51-59-23-9-5-10-24-59/h5-16,23-30,35-42,55-56,65-72,75-76,109-110H,17-22,31-34,43-54H2,1-4H3,(H,97,123)(H,98,124)(H,99,114)(H,100,113)(H,101,117)(H,102,118)(H,103,115)(H,104,116)(H,105,121)(H,106,122)(H,107,119)(H,108,120)(H4,91,92,95)(H4,93,94,96)/t65-,66-,67-,68-,69-,70-,71-,72-,75-,76-/m0/s1. The third kappa shape index (κ3) is 37.2. The van der Waals surface area contributed by atoms with Crippen molar-refractivity contribution in [3.63, 3.8) is 0 Å². The zero-order chi connectivity index (χ0) is 92.9. The Morgan fingerprint density at radius 1 is 0.312 bits per heavy atom. The molecule has 7 rings (SSSR count). The first-order valence-electron chi connectivity index (χ1n) is 42.4. The van der Waals surface area contributed by atoms with E-state index in [-0.39, 0.29) is 141 Å². The Hall–Kier alpha value is -14.4. The molecule has 128 heavy (non-hydrogen) atoms. The smallest absolute Gasteiger partial charge is 0.407 e. The predicted molar refractivity (Wildman–Crippen MR) is 470 cm³/mol. The molecular weight excluding hydrogens is 1650 g/mol. The van der Waals surface area contributed by atoms with Gasteiger partial charge in [0.15, 0.2) is 11.9 Å². The summed E-state index contributed by atoms with van der Waals surface area (Å²) < 4.78 is 22.0. The number of nitrogens with two attached hydrogens (primary N) is 2. The van der Waals surface area contributed by atoms with Crippen molar-refractivity contribution in [2.24, 2.45) is 23.3 Å². The van der Waals surface area contributed by atoms with Gasteiger partial charge in [-0.15, -0.1) is 0 Å². The van der Waals surface area contributed by atoms with E-state index in [0.29, 0.717) is 33.4 Å². The van der Waals surface area contributed by atoms with E-state index in [0.717, 1.165) is 0 Å². The zero-order valence-electron chi connectivity index (χ0n) is 72.0. The lowest BCUT2D eigenvalue weighted by atomic mass is 9.99. The molecule has 0 unspecified atom stereocenters. The van der Waals surface area contributed by atoms with Crippen molar-refractivity contribution in [3.8, 4) is 11.5 Å². The van der Waals surface area contributed by atoms with Crippen LogP contribution in [0.5, 0.6) is 11.5 Å². The number of unbranched alkanes of at least 4 members (excludes halogenated alkanes) is 2. The van der Waals surface area contributed by atoms with E-state index >= 15 is 47.9 Å². The number of rotatable bonds is 36. The van der Waals surface area contributed by atoms with E-state index in [4.69, 9.17) is 41.2 Å². The van der Waals surface area contributed by atoms with Crippen LogP contribution in [0.15, 0.2) is 170 Å². The van der Waals surface area contributed by atoms with E-state index in [1.165, 1.54) is 76.2 Å². The SMILES string of the molecule is CC(C)[C@@H]1NC(=O)[C@H](CC(=O)OCc2ccccc2)NC(=O)[C@H](CCCCNC(=O)OCc2ccccc2)NC(=O)[C@H](CCCNC(=N)N)NC(=O)[C@H](Cc2ccc(O)cc2)NC(=O)[C@H](C(C)C)NC(=O)[C@H](CC(=O)OCc2ccccc2)NC(=O)[C@H](CCCCNC(=O)OCc2ccccc2)NC(=O)[C@H](CCCNC(=N)N)NC(=O)[C@H](Cc2ccc(O)cc2)NC1=O. The number of ether oxygens (including phenoxy) is 4. The van der Waals surface area contributed by atoms with E-state index in [1.54, 1.807) is 121 Å². The van der Waals surface area contributed by atoms with Crippen molar-refractivity contribution in [2.75, 3.05) is 26.2 Å². The molecule has 0 bridgehead atoms. The number of nitrogens with one attached hydrogen (secondary N) is 16. The molecule has 0 radical (unpaired) electrons. The van der Waals surface area contributed by atoms with Crippen LogP contribution in [-0.2, 0) is 116 Å². The van der Waals surface area contributed by atoms with E-state index in [2.05, 4.69) is 74.4 Å². The maximum atomic E-state index is 15.4. The summed E-state index contributed by atoms with van der Waals surface area (Å²) in [6, 6.07) is 28.3. The molecule has 6 aromatic carbocycles. The average Bonchev–Trinajstić information content (AvgIpc) is 0.842. The number of guanidine groups is 2. The Kier molecular flexibility index (Phi) is 42.3. The number of alkyl carbamates (subject to hydrolysis) is 2. The Balaban J connectivity index is 1.35. The van der Waals surface area contributed by atoms with E-state index in [9.17, 15) is 29.4 Å². The van der Waals surface area contributed by atoms with Gasteiger partial charge in [0, 0.05) is 39.0 Å². The fourth-order valence-electron chi connectivity index (χ4n) is 13.2. The first-order chi connectivity index (χ1) is 61.4. The number of aromatic hydroxyl groups is 2. The summed E-state index contributed by atoms with van der Waals surface area (Å²) in [6.07, 6.45) is -5.01. The van der Waals surface area contributed by atoms with Gasteiger partial charge in [0.2, 0.25) is 59.1 Å². The summed E-state index contributed by atoms with van der Waals surface area (Å²) in [5, 5.41) is 73.6. The van der Waals surface area contributed by atoms with Gasteiger partial charge < -0.3 is 115 Å². The fraction of sp³-hybridized carbons (Fsp3) is 0.422. The van der Waals surface area contributed by atoms with Gasteiger partial charge in [0.1, 0.15) is 98.3 Å². The van der Waals surface area contributed by atoms with Gasteiger partial charge in [0.25, 0.3) is 0 Å². The predicted octanol–water partition coefficient (Wildman–Crippen LogP) is 3.04. The minimum Gasteiger partial charge on any atom is -0.508 e. The second kappa shape index (κ2) is 53.7. The summed E-state index contributed by atoms with van der Waals surface area (Å²) in [5.74, 6) is -15.9. The fourth-order valence-corrected chi connectivity index (χ4v) is 13.2. The van der Waals surface area contributed by atoms with Crippen molar-refractivity contribution in [1.29, 1.82) is 10.8 Å². The van der Waals surface area contributed by atoms with Crippen molar-refractivity contribution in [1.82, 2.24) is 74.4 Å². The molecule has 6 aromatic rings. The highest BCUT2D eigenvalue weighted by Gasteiger charge is 2.40. The number of carbonyl (C=O) groups excluding carboxylic acids is 14. The Morgan fingerprint density at radius 2 is 0.562 bits per heavy atom. The van der Waals surface area contributed by atoms with Crippen LogP contribution >= 0.6 is 0 Å². The number of phenolic OH excluding ortho intramolecular Hbond substituents is 2. The van der Waals surface area contributed by atoms with Gasteiger partial charge in [-0.2, -0.15) is 0 Å². The molecule has 1 fully saturated rings. The lowest BCUT2D eigenvalue weighted by Gasteiger charge is -2.30. The number of hydrogen-bond donors (Lipinski definition) is 20. The minimum atomic E-state index is -1.95. The highest BCUT2D eigenvalue weighted by molar-refractivity contribution is 6.01. The monoisotopic (exact) mass is 1770 g/mol. The van der Waals surface area contributed by atoms with E-state index in [1.807, 2.05) is 0 Å². The zero-order valence-corrected chi connectivity index (χ0v) is 72.0. The average molecular weight is 1770 g/mol. The highest BCUT2D eigenvalue weighted by Crippen LogP contribution is 2.19. The van der Waals surface area contributed by atoms with E-state index < -0.39 is 180 Å². The van der Waals surface area contributed by atoms with Crippen molar-refractivity contribution in [3.05, 3.63) is 203 Å². The number of hydrogen-bond acceptors (Lipinski definition) is 22. The minimum absolute atomic E-state index is 0.0188. The molecular formula is C90H118N18O20. The molecule has 1 saturated heterocycles. The first-order valence-corrected chi connectivity index (χ1v) is 42.4. The molecule has 38 heteroatoms. The normalized spacial score (nSPS) is 19.6. The molecule has 22 N–H and O–H groups in total. The summed E-state index contributed by atoms with van der Waals surface area (Å²) in [5.41, 5.74) is 14.5. The summed E-state index contributed by atoms with van der Waals surface area (Å²) in [4.78, 5) is 207. The van der Waals surface area contributed by atoms with Crippen molar-refractivity contribution >= 4 is 95.1 Å². The summed E-state index contributed by atoms with van der Waals surface area (Å²) in [6.45, 7) is 5.20. The Bertz CT molecular complexity index is 4360. The maximum absolute atomic E-state index is 15.4. The number of carbonyl (C=O) groups is 14. The lowest BCUT2D eigenvalue weighted by molar-refractivity contribution is -0.148. The third-order valence-electron chi connectivity index (χ3n) is 20.3. The Labute approximate surface area is 741 Å². The molecule has 0 spiro atoms. The molecule has 10 atom stereocenters. The largest absolute Gasteiger partial charge is 0.508 e. The van der Waals surface area contributed by atoms with Gasteiger partial charge in [-0.25, -0.2) is 9.59 Å². The van der Waals surface area contributed by atoms with Crippen molar-refractivity contribution in [2.45, 2.75) is 204 Å². The van der Waals surface area contributed by atoms with Crippen LogP contribution in [-0.4, -0.2) is 192 Å². The summed E-state index contributed by atoms with van der Waals surface area (Å²) in [7, 11) is 0. The van der Waals surface area contributed by atoms with Gasteiger partial charge in [0.05, 0.1) is 12.8 Å². The molecule has 688 valence electrons.